The van der Waals surface area contributed by atoms with Crippen LogP contribution in [-0.4, -0.2) is 23.3 Å². The SMILES string of the molecule is O=C(SCF)C12ONCC1CC1C3=CC=C4CCCCC4C3CCC12. The van der Waals surface area contributed by atoms with Crippen molar-refractivity contribution >= 4 is 16.9 Å². The molecule has 6 atom stereocenters. The average molecular weight is 363 g/mol. The number of hydrogen-bond acceptors (Lipinski definition) is 4. The molecule has 1 N–H and O–H groups in total. The molecule has 3 saturated carbocycles. The third-order valence-corrected chi connectivity index (χ3v) is 8.27. The molecule has 0 aromatic carbocycles. The van der Waals surface area contributed by atoms with Gasteiger partial charge in [0.05, 0.1) is 0 Å². The van der Waals surface area contributed by atoms with E-state index in [4.69, 9.17) is 4.84 Å². The highest BCUT2D eigenvalue weighted by Gasteiger charge is 2.65. The molecule has 1 saturated heterocycles. The van der Waals surface area contributed by atoms with Crippen LogP contribution in [0.3, 0.4) is 0 Å². The van der Waals surface area contributed by atoms with Crippen molar-refractivity contribution in [3.8, 4) is 0 Å². The molecule has 4 fully saturated rings. The first-order valence-electron chi connectivity index (χ1n) is 9.80. The summed E-state index contributed by atoms with van der Waals surface area (Å²) in [5, 5.41) is -0.0961. The van der Waals surface area contributed by atoms with Crippen LogP contribution < -0.4 is 5.48 Å². The summed E-state index contributed by atoms with van der Waals surface area (Å²) >= 11 is 0.797. The molecule has 5 rings (SSSR count). The number of hydroxylamine groups is 1. The minimum absolute atomic E-state index is 0.0961. The Kier molecular flexibility index (Phi) is 4.10. The van der Waals surface area contributed by atoms with E-state index < -0.39 is 11.6 Å². The van der Waals surface area contributed by atoms with E-state index in [2.05, 4.69) is 17.6 Å². The second-order valence-electron chi connectivity index (χ2n) is 8.37. The lowest BCUT2D eigenvalue weighted by molar-refractivity contribution is -0.147. The van der Waals surface area contributed by atoms with E-state index >= 15 is 0 Å². The van der Waals surface area contributed by atoms with Crippen molar-refractivity contribution < 1.29 is 14.0 Å². The highest BCUT2D eigenvalue weighted by molar-refractivity contribution is 8.13. The van der Waals surface area contributed by atoms with Crippen LogP contribution in [0, 0.1) is 29.6 Å². The Morgan fingerprint density at radius 3 is 3.04 bits per heavy atom. The smallest absolute Gasteiger partial charge is 0.226 e. The van der Waals surface area contributed by atoms with E-state index in [1.165, 1.54) is 25.7 Å². The van der Waals surface area contributed by atoms with E-state index in [0.717, 1.165) is 36.9 Å². The number of halogens is 1. The van der Waals surface area contributed by atoms with Gasteiger partial charge < -0.3 is 0 Å². The molecule has 0 amide bonds. The Morgan fingerprint density at radius 1 is 1.24 bits per heavy atom. The fourth-order valence-electron chi connectivity index (χ4n) is 6.62. The Balaban J connectivity index is 1.49. The molecule has 1 heterocycles. The minimum Gasteiger partial charge on any atom is -0.286 e. The van der Waals surface area contributed by atoms with Crippen molar-refractivity contribution in [2.75, 3.05) is 12.6 Å². The van der Waals surface area contributed by atoms with Crippen molar-refractivity contribution in [3.05, 3.63) is 23.3 Å². The van der Waals surface area contributed by atoms with Crippen LogP contribution in [0.5, 0.6) is 0 Å². The number of alkyl halides is 1. The van der Waals surface area contributed by atoms with Crippen molar-refractivity contribution in [2.24, 2.45) is 29.6 Å². The summed E-state index contributed by atoms with van der Waals surface area (Å²) in [6, 6.07) is -0.659. The lowest BCUT2D eigenvalue weighted by Crippen LogP contribution is -2.49. The van der Waals surface area contributed by atoms with Gasteiger partial charge in [-0.25, -0.2) is 9.87 Å². The molecule has 0 aromatic heterocycles. The summed E-state index contributed by atoms with van der Waals surface area (Å²) in [5.41, 5.74) is 5.40. The van der Waals surface area contributed by atoms with Gasteiger partial charge >= 0.3 is 0 Å². The van der Waals surface area contributed by atoms with Crippen LogP contribution in [0.2, 0.25) is 0 Å². The first kappa shape index (κ1) is 16.5. The van der Waals surface area contributed by atoms with Gasteiger partial charge in [0.25, 0.3) is 0 Å². The number of carbonyl (C=O) groups excluding carboxylic acids is 1. The van der Waals surface area contributed by atoms with E-state index in [1.807, 2.05) is 0 Å². The second-order valence-corrected chi connectivity index (χ2v) is 9.25. The number of nitrogens with one attached hydrogen (secondary N) is 1. The molecule has 25 heavy (non-hydrogen) atoms. The van der Waals surface area contributed by atoms with Crippen LogP contribution >= 0.6 is 11.8 Å². The topological polar surface area (TPSA) is 38.3 Å². The lowest BCUT2D eigenvalue weighted by atomic mass is 9.60. The van der Waals surface area contributed by atoms with Gasteiger partial charge in [-0.15, -0.1) is 0 Å². The van der Waals surface area contributed by atoms with Crippen molar-refractivity contribution in [2.45, 2.75) is 50.5 Å². The van der Waals surface area contributed by atoms with E-state index in [9.17, 15) is 9.18 Å². The normalized spacial score (nSPS) is 44.9. The van der Waals surface area contributed by atoms with Crippen molar-refractivity contribution in [1.82, 2.24) is 5.48 Å². The summed E-state index contributed by atoms with van der Waals surface area (Å²) in [5.74, 6) is 2.25. The average Bonchev–Trinajstić information content (AvgIpc) is 3.19. The maximum absolute atomic E-state index is 12.9. The van der Waals surface area contributed by atoms with Gasteiger partial charge in [-0.2, -0.15) is 0 Å². The molecule has 5 aliphatic rings. The van der Waals surface area contributed by atoms with Crippen LogP contribution in [-0.2, 0) is 9.63 Å². The van der Waals surface area contributed by atoms with Crippen LogP contribution in [0.1, 0.15) is 44.9 Å². The first-order valence-corrected chi connectivity index (χ1v) is 10.8. The van der Waals surface area contributed by atoms with E-state index in [-0.39, 0.29) is 17.0 Å². The molecule has 4 aliphatic carbocycles. The van der Waals surface area contributed by atoms with E-state index in [0.29, 0.717) is 18.4 Å². The highest BCUT2D eigenvalue weighted by Crippen LogP contribution is 2.61. The Hall–Kier alpha value is -0.650. The molecular weight excluding hydrogens is 337 g/mol. The highest BCUT2D eigenvalue weighted by atomic mass is 32.2. The molecule has 3 nitrogen and oxygen atoms in total. The number of hydrogen-bond donors (Lipinski definition) is 1. The molecule has 6 unspecified atom stereocenters. The van der Waals surface area contributed by atoms with E-state index in [1.54, 1.807) is 11.1 Å². The minimum atomic E-state index is -0.802. The number of fused-ring (bicyclic) bond motifs is 7. The van der Waals surface area contributed by atoms with Crippen LogP contribution in [0.25, 0.3) is 0 Å². The maximum atomic E-state index is 12.9. The summed E-state index contributed by atoms with van der Waals surface area (Å²) in [6.07, 6.45) is 13.2. The number of thioether (sulfide) groups is 1. The summed E-state index contributed by atoms with van der Waals surface area (Å²) in [7, 11) is 0. The zero-order chi connectivity index (χ0) is 17.0. The van der Waals surface area contributed by atoms with Crippen LogP contribution in [0.4, 0.5) is 4.39 Å². The van der Waals surface area contributed by atoms with Gasteiger partial charge in [-0.1, -0.05) is 41.5 Å². The largest absolute Gasteiger partial charge is 0.286 e. The third kappa shape index (κ3) is 2.28. The van der Waals surface area contributed by atoms with Crippen LogP contribution in [0.15, 0.2) is 23.3 Å². The number of carbonyl (C=O) groups is 1. The fourth-order valence-corrected chi connectivity index (χ4v) is 7.31. The predicted octanol–water partition coefficient (Wildman–Crippen LogP) is 4.17. The molecule has 0 radical (unpaired) electrons. The Bertz CT molecular complexity index is 648. The van der Waals surface area contributed by atoms with Gasteiger partial charge in [0.2, 0.25) is 5.12 Å². The van der Waals surface area contributed by atoms with Gasteiger partial charge in [0, 0.05) is 18.4 Å². The van der Waals surface area contributed by atoms with Gasteiger partial charge in [0.1, 0.15) is 6.01 Å². The van der Waals surface area contributed by atoms with Gasteiger partial charge in [0.15, 0.2) is 5.60 Å². The zero-order valence-electron chi connectivity index (χ0n) is 14.5. The molecular formula is C20H26FNO2S. The molecule has 136 valence electrons. The molecule has 0 aromatic rings. The molecule has 5 heteroatoms. The monoisotopic (exact) mass is 363 g/mol. The maximum Gasteiger partial charge on any atom is 0.226 e. The summed E-state index contributed by atoms with van der Waals surface area (Å²) < 4.78 is 12.9. The Labute approximate surface area is 152 Å². The van der Waals surface area contributed by atoms with Gasteiger partial charge in [-0.3, -0.25) is 9.63 Å². The standard InChI is InChI=1S/C20H26FNO2S/c21-11-25-19(23)20-13(10-22-24-20)9-17-16-6-5-12-3-1-2-4-14(12)15(16)7-8-18(17)20/h5-6,13-15,17-18,22H,1-4,7-11H2. The molecule has 1 aliphatic heterocycles. The fraction of sp³-hybridized carbons (Fsp3) is 0.750. The predicted molar refractivity (Wildman–Crippen MR) is 96.3 cm³/mol. The molecule has 0 bridgehead atoms. The zero-order valence-corrected chi connectivity index (χ0v) is 15.3. The Morgan fingerprint density at radius 2 is 2.16 bits per heavy atom. The number of rotatable bonds is 2. The quantitative estimate of drug-likeness (QED) is 0.799. The lowest BCUT2D eigenvalue weighted by Gasteiger charge is -2.46. The summed E-state index contributed by atoms with van der Waals surface area (Å²) in [6.45, 7) is 0.716. The first-order chi connectivity index (χ1) is 12.3. The van der Waals surface area contributed by atoms with Crippen molar-refractivity contribution in [1.29, 1.82) is 0 Å². The summed E-state index contributed by atoms with van der Waals surface area (Å²) in [4.78, 5) is 18.7. The third-order valence-electron chi connectivity index (χ3n) is 7.58. The van der Waals surface area contributed by atoms with Crippen molar-refractivity contribution in [3.63, 3.8) is 0 Å². The second kappa shape index (κ2) is 6.21. The van der Waals surface area contributed by atoms with Gasteiger partial charge in [-0.05, 0) is 56.3 Å². The molecule has 0 spiro atoms. The number of allylic oxidation sites excluding steroid dienone is 4.